The van der Waals surface area contributed by atoms with Crippen LogP contribution in [-0.4, -0.2) is 28.3 Å². The van der Waals surface area contributed by atoms with Crippen LogP contribution in [0.4, 0.5) is 0 Å². The third-order valence-electron chi connectivity index (χ3n) is 4.44. The molecule has 0 bridgehead atoms. The first-order valence-corrected chi connectivity index (χ1v) is 8.45. The number of phenols is 1. The lowest BCUT2D eigenvalue weighted by atomic mass is 10.0. The summed E-state index contributed by atoms with van der Waals surface area (Å²) in [5.41, 5.74) is 6.09. The number of nitrogens with zero attached hydrogens (tertiary/aromatic N) is 1. The van der Waals surface area contributed by atoms with E-state index in [2.05, 4.69) is 36.2 Å². The van der Waals surface area contributed by atoms with Crippen molar-refractivity contribution in [1.29, 1.82) is 0 Å². The van der Waals surface area contributed by atoms with E-state index in [0.717, 1.165) is 23.4 Å². The number of aromatic nitrogens is 2. The van der Waals surface area contributed by atoms with Gasteiger partial charge in [0.15, 0.2) is 0 Å². The van der Waals surface area contributed by atoms with Crippen LogP contribution in [0, 0.1) is 6.92 Å². The normalized spacial score (nSPS) is 14.4. The number of imidazole rings is 1. The highest BCUT2D eigenvalue weighted by Crippen LogP contribution is 2.35. The summed E-state index contributed by atoms with van der Waals surface area (Å²) in [7, 11) is 0. The van der Waals surface area contributed by atoms with Crippen molar-refractivity contribution in [3.05, 3.63) is 65.9 Å². The van der Waals surface area contributed by atoms with Crippen LogP contribution in [-0.2, 0) is 4.74 Å². The molecule has 0 spiro atoms. The van der Waals surface area contributed by atoms with Crippen molar-refractivity contribution in [2.45, 2.75) is 13.3 Å². The van der Waals surface area contributed by atoms with Crippen LogP contribution >= 0.6 is 0 Å². The summed E-state index contributed by atoms with van der Waals surface area (Å²) in [6.45, 7) is 3.41. The van der Waals surface area contributed by atoms with Gasteiger partial charge in [-0.15, -0.1) is 0 Å². The molecule has 2 N–H and O–H groups in total. The maximum atomic E-state index is 10.2. The third-order valence-corrected chi connectivity index (χ3v) is 4.44. The predicted molar refractivity (Wildman–Crippen MR) is 99.3 cm³/mol. The minimum Gasteiger partial charge on any atom is -0.507 e. The number of rotatable bonds is 3. The Kier molecular flexibility index (Phi) is 4.12. The van der Waals surface area contributed by atoms with Crippen LogP contribution in [0.5, 0.6) is 5.75 Å². The lowest BCUT2D eigenvalue weighted by Crippen LogP contribution is -2.04. The molecule has 0 fully saturated rings. The molecule has 4 heteroatoms. The van der Waals surface area contributed by atoms with Gasteiger partial charge in [0.1, 0.15) is 11.6 Å². The van der Waals surface area contributed by atoms with Crippen molar-refractivity contribution >= 4 is 5.57 Å². The lowest BCUT2D eigenvalue weighted by molar-refractivity contribution is 0.161. The van der Waals surface area contributed by atoms with Crippen LogP contribution in [0.25, 0.3) is 28.2 Å². The Bertz CT molecular complexity index is 941. The average Bonchev–Trinajstić information content (AvgIpc) is 3.08. The lowest BCUT2D eigenvalue weighted by Gasteiger charge is -2.13. The molecule has 4 rings (SSSR count). The topological polar surface area (TPSA) is 58.1 Å². The maximum Gasteiger partial charge on any atom is 0.142 e. The van der Waals surface area contributed by atoms with E-state index in [4.69, 9.17) is 9.72 Å². The number of aryl methyl sites for hydroxylation is 1. The number of hydrogen-bond donors (Lipinski definition) is 2. The molecule has 1 aromatic heterocycles. The van der Waals surface area contributed by atoms with Crippen LogP contribution < -0.4 is 0 Å². The van der Waals surface area contributed by atoms with Crippen molar-refractivity contribution in [2.24, 2.45) is 0 Å². The number of benzene rings is 2. The first kappa shape index (κ1) is 15.7. The van der Waals surface area contributed by atoms with Gasteiger partial charge in [-0.1, -0.05) is 42.0 Å². The maximum absolute atomic E-state index is 10.2. The van der Waals surface area contributed by atoms with E-state index >= 15 is 0 Å². The predicted octanol–water partition coefficient (Wildman–Crippen LogP) is 4.56. The van der Waals surface area contributed by atoms with Crippen molar-refractivity contribution in [1.82, 2.24) is 9.97 Å². The number of phenolic OH excluding ortho intramolecular Hbond substituents is 1. The van der Waals surface area contributed by atoms with Crippen LogP contribution in [0.15, 0.2) is 54.6 Å². The molecule has 1 aliphatic heterocycles. The van der Waals surface area contributed by atoms with Gasteiger partial charge in [0.2, 0.25) is 0 Å². The van der Waals surface area contributed by atoms with Crippen LogP contribution in [0.1, 0.15) is 17.7 Å². The Morgan fingerprint density at radius 2 is 2.00 bits per heavy atom. The largest absolute Gasteiger partial charge is 0.507 e. The molecule has 4 nitrogen and oxygen atoms in total. The number of nitrogens with one attached hydrogen (secondary N) is 1. The molecule has 1 aliphatic rings. The Labute approximate surface area is 146 Å². The van der Waals surface area contributed by atoms with Crippen molar-refractivity contribution in [2.75, 3.05) is 13.2 Å². The minimum absolute atomic E-state index is 0.222. The quantitative estimate of drug-likeness (QED) is 0.739. The minimum atomic E-state index is 0.222. The standard InChI is InChI=1S/C21H20N2O2/c1-14-5-4-6-16(13-14)20-19(15-9-11-25-12-10-15)22-21(23-20)17-7-2-3-8-18(17)24/h2-9,13,24H,10-12H2,1H3,(H,22,23). The Hall–Kier alpha value is -2.85. The summed E-state index contributed by atoms with van der Waals surface area (Å²) in [5, 5.41) is 10.2. The molecule has 0 atom stereocenters. The van der Waals surface area contributed by atoms with Gasteiger partial charge in [0.25, 0.3) is 0 Å². The SMILES string of the molecule is Cc1cccc(-c2nc(-c3ccccc3O)[nH]c2C2=CCOCC2)c1. The second-order valence-corrected chi connectivity index (χ2v) is 6.25. The number of aromatic hydroxyl groups is 1. The van der Waals surface area contributed by atoms with Gasteiger partial charge in [0, 0.05) is 5.56 Å². The molecule has 0 amide bonds. The van der Waals surface area contributed by atoms with E-state index < -0.39 is 0 Å². The molecule has 0 radical (unpaired) electrons. The van der Waals surface area contributed by atoms with Crippen molar-refractivity contribution in [3.63, 3.8) is 0 Å². The van der Waals surface area contributed by atoms with Gasteiger partial charge in [-0.2, -0.15) is 0 Å². The first-order valence-electron chi connectivity index (χ1n) is 8.45. The highest BCUT2D eigenvalue weighted by Gasteiger charge is 2.19. The molecule has 126 valence electrons. The van der Waals surface area contributed by atoms with Gasteiger partial charge in [-0.3, -0.25) is 0 Å². The summed E-state index contributed by atoms with van der Waals surface area (Å²) in [6.07, 6.45) is 2.95. The van der Waals surface area contributed by atoms with E-state index in [1.807, 2.05) is 24.3 Å². The number of para-hydroxylation sites is 1. The fourth-order valence-electron chi connectivity index (χ4n) is 3.16. The zero-order chi connectivity index (χ0) is 17.2. The molecule has 2 aromatic carbocycles. The molecule has 2 heterocycles. The number of H-pyrrole nitrogens is 1. The first-order chi connectivity index (χ1) is 12.2. The van der Waals surface area contributed by atoms with Crippen molar-refractivity contribution < 1.29 is 9.84 Å². The van der Waals surface area contributed by atoms with E-state index in [1.54, 1.807) is 6.07 Å². The second-order valence-electron chi connectivity index (χ2n) is 6.25. The van der Waals surface area contributed by atoms with Crippen LogP contribution in [0.3, 0.4) is 0 Å². The third kappa shape index (κ3) is 3.08. The number of aromatic amines is 1. The summed E-state index contributed by atoms with van der Waals surface area (Å²) in [6, 6.07) is 15.6. The molecule has 25 heavy (non-hydrogen) atoms. The van der Waals surface area contributed by atoms with Crippen molar-refractivity contribution in [3.8, 4) is 28.4 Å². The molecular formula is C21H20N2O2. The van der Waals surface area contributed by atoms with E-state index in [0.29, 0.717) is 24.6 Å². The summed E-state index contributed by atoms with van der Waals surface area (Å²) in [5.74, 6) is 0.900. The smallest absolute Gasteiger partial charge is 0.142 e. The highest BCUT2D eigenvalue weighted by atomic mass is 16.5. The highest BCUT2D eigenvalue weighted by molar-refractivity contribution is 5.81. The van der Waals surface area contributed by atoms with Gasteiger partial charge in [0.05, 0.1) is 30.2 Å². The molecule has 0 aliphatic carbocycles. The molecule has 3 aromatic rings. The van der Waals surface area contributed by atoms with E-state index in [1.165, 1.54) is 11.1 Å². The zero-order valence-electron chi connectivity index (χ0n) is 14.1. The molecule has 0 saturated heterocycles. The summed E-state index contributed by atoms with van der Waals surface area (Å²) in [4.78, 5) is 8.26. The molecule has 0 unspecified atom stereocenters. The Balaban J connectivity index is 1.89. The second kappa shape index (κ2) is 6.57. The van der Waals surface area contributed by atoms with Gasteiger partial charge < -0.3 is 14.8 Å². The number of ether oxygens (including phenoxy) is 1. The fraction of sp³-hybridized carbons (Fsp3) is 0.190. The molecular weight excluding hydrogens is 312 g/mol. The monoisotopic (exact) mass is 332 g/mol. The fourth-order valence-corrected chi connectivity index (χ4v) is 3.16. The summed E-state index contributed by atoms with van der Waals surface area (Å²) < 4.78 is 5.45. The Morgan fingerprint density at radius 3 is 2.76 bits per heavy atom. The van der Waals surface area contributed by atoms with E-state index in [9.17, 15) is 5.11 Å². The van der Waals surface area contributed by atoms with Gasteiger partial charge in [-0.25, -0.2) is 4.98 Å². The van der Waals surface area contributed by atoms with Gasteiger partial charge >= 0.3 is 0 Å². The van der Waals surface area contributed by atoms with E-state index in [-0.39, 0.29) is 5.75 Å². The number of hydrogen-bond acceptors (Lipinski definition) is 3. The molecule has 0 saturated carbocycles. The summed E-state index contributed by atoms with van der Waals surface area (Å²) >= 11 is 0. The zero-order valence-corrected chi connectivity index (χ0v) is 14.1. The average molecular weight is 332 g/mol. The Morgan fingerprint density at radius 1 is 1.12 bits per heavy atom. The van der Waals surface area contributed by atoms with Crippen LogP contribution in [0.2, 0.25) is 0 Å². The van der Waals surface area contributed by atoms with Gasteiger partial charge in [-0.05, 0) is 37.1 Å².